The number of hydrazine groups is 1. The van der Waals surface area contributed by atoms with Gasteiger partial charge in [0, 0.05) is 17.6 Å². The third kappa shape index (κ3) is 2.83. The van der Waals surface area contributed by atoms with Crippen molar-refractivity contribution >= 4 is 28.7 Å². The van der Waals surface area contributed by atoms with E-state index >= 15 is 0 Å². The number of nitrogen functional groups attached to an aromatic ring is 1. The molecule has 8 nitrogen and oxygen atoms in total. The molecule has 0 radical (unpaired) electrons. The van der Waals surface area contributed by atoms with Gasteiger partial charge in [-0.2, -0.15) is 0 Å². The van der Waals surface area contributed by atoms with Crippen molar-refractivity contribution in [2.45, 2.75) is 19.4 Å². The summed E-state index contributed by atoms with van der Waals surface area (Å²) in [5, 5.41) is 16.8. The summed E-state index contributed by atoms with van der Waals surface area (Å²) < 4.78 is 0. The van der Waals surface area contributed by atoms with Gasteiger partial charge in [-0.05, 0) is 19.9 Å². The molecule has 2 heterocycles. The molecule has 0 amide bonds. The summed E-state index contributed by atoms with van der Waals surface area (Å²) in [5.74, 6) is 5.77. The number of nitrogens with two attached hydrogens (primary N) is 1. The second-order valence-corrected chi connectivity index (χ2v) is 5.45. The highest BCUT2D eigenvalue weighted by atomic mass is 32.1. The van der Waals surface area contributed by atoms with Gasteiger partial charge < -0.3 is 10.7 Å². The van der Waals surface area contributed by atoms with Gasteiger partial charge in [0.15, 0.2) is 0 Å². The van der Waals surface area contributed by atoms with E-state index in [2.05, 4.69) is 20.7 Å². The lowest BCUT2D eigenvalue weighted by molar-refractivity contribution is -0.384. The van der Waals surface area contributed by atoms with Crippen LogP contribution in [0.15, 0.2) is 23.7 Å². The minimum absolute atomic E-state index is 0.117. The third-order valence-corrected chi connectivity index (χ3v) is 3.71. The summed E-state index contributed by atoms with van der Waals surface area (Å²) in [6.07, 6.45) is 1.68. The molecule has 9 heteroatoms. The van der Waals surface area contributed by atoms with Gasteiger partial charge in [0.2, 0.25) is 5.82 Å². The van der Waals surface area contributed by atoms with Crippen molar-refractivity contribution in [3.05, 3.63) is 38.8 Å². The van der Waals surface area contributed by atoms with E-state index in [1.165, 1.54) is 23.5 Å². The average Bonchev–Trinajstić information content (AvgIpc) is 2.92. The van der Waals surface area contributed by atoms with Gasteiger partial charge in [0.1, 0.15) is 10.8 Å². The molecule has 0 spiro atoms. The zero-order valence-electron chi connectivity index (χ0n) is 11.0. The summed E-state index contributed by atoms with van der Waals surface area (Å²) in [5.41, 5.74) is 1.67. The maximum Gasteiger partial charge on any atom is 0.311 e. The SMILES string of the molecule is CC(C)(Nc1nc(NN)ccc1[N+](=O)[O-])c1nccs1. The zero-order chi connectivity index (χ0) is 14.8. The van der Waals surface area contributed by atoms with Crippen LogP contribution in [-0.4, -0.2) is 14.9 Å². The van der Waals surface area contributed by atoms with Gasteiger partial charge in [0.25, 0.3) is 0 Å². The number of nitrogens with one attached hydrogen (secondary N) is 2. The molecule has 2 aromatic rings. The van der Waals surface area contributed by atoms with Crippen LogP contribution < -0.4 is 16.6 Å². The monoisotopic (exact) mass is 294 g/mol. The van der Waals surface area contributed by atoms with Crippen LogP contribution >= 0.6 is 11.3 Å². The first kappa shape index (κ1) is 14.2. The van der Waals surface area contributed by atoms with Crippen molar-refractivity contribution in [1.82, 2.24) is 9.97 Å². The maximum atomic E-state index is 11.1. The van der Waals surface area contributed by atoms with Crippen molar-refractivity contribution in [1.29, 1.82) is 0 Å². The number of nitrogens with zero attached hydrogens (tertiary/aromatic N) is 3. The Labute approximate surface area is 119 Å². The third-order valence-electron chi connectivity index (χ3n) is 2.62. The Hall–Kier alpha value is -2.26. The average molecular weight is 294 g/mol. The second-order valence-electron chi connectivity index (χ2n) is 4.55. The van der Waals surface area contributed by atoms with Crippen LogP contribution in [0.25, 0.3) is 0 Å². The minimum Gasteiger partial charge on any atom is -0.353 e. The number of nitro groups is 1. The molecular weight excluding hydrogens is 280 g/mol. The molecule has 2 rings (SSSR count). The van der Waals surface area contributed by atoms with E-state index in [1.54, 1.807) is 6.20 Å². The van der Waals surface area contributed by atoms with E-state index in [9.17, 15) is 10.1 Å². The Morgan fingerprint density at radius 2 is 2.20 bits per heavy atom. The molecule has 2 aromatic heterocycles. The summed E-state index contributed by atoms with van der Waals surface area (Å²) in [6, 6.07) is 2.79. The number of thiazole rings is 1. The number of hydrogen-bond acceptors (Lipinski definition) is 8. The van der Waals surface area contributed by atoms with Crippen LogP contribution in [0, 0.1) is 10.1 Å². The minimum atomic E-state index is -0.584. The first-order chi connectivity index (χ1) is 9.44. The highest BCUT2D eigenvalue weighted by molar-refractivity contribution is 7.09. The number of rotatable bonds is 5. The molecule has 0 saturated heterocycles. The summed E-state index contributed by atoms with van der Waals surface area (Å²) >= 11 is 1.46. The lowest BCUT2D eigenvalue weighted by Crippen LogP contribution is -2.29. The first-order valence-corrected chi connectivity index (χ1v) is 6.62. The Bertz CT molecular complexity index is 613. The Balaban J connectivity index is 2.39. The van der Waals surface area contributed by atoms with Gasteiger partial charge >= 0.3 is 5.69 Å². The van der Waals surface area contributed by atoms with E-state index in [4.69, 9.17) is 5.84 Å². The number of aromatic nitrogens is 2. The van der Waals surface area contributed by atoms with Crippen molar-refractivity contribution in [3.8, 4) is 0 Å². The van der Waals surface area contributed by atoms with Gasteiger partial charge in [0.05, 0.1) is 10.5 Å². The van der Waals surface area contributed by atoms with E-state index in [0.29, 0.717) is 5.82 Å². The second kappa shape index (κ2) is 5.39. The van der Waals surface area contributed by atoms with Crippen molar-refractivity contribution in [2.75, 3.05) is 10.7 Å². The molecule has 106 valence electrons. The number of anilines is 2. The molecule has 0 saturated carbocycles. The molecular formula is C11H14N6O2S. The molecule has 0 unspecified atom stereocenters. The Kier molecular flexibility index (Phi) is 3.81. The quantitative estimate of drug-likeness (QED) is 0.438. The van der Waals surface area contributed by atoms with Crippen LogP contribution in [0.3, 0.4) is 0 Å². The van der Waals surface area contributed by atoms with E-state index in [0.717, 1.165) is 5.01 Å². The lowest BCUT2D eigenvalue weighted by Gasteiger charge is -2.24. The molecule has 0 aliphatic rings. The van der Waals surface area contributed by atoms with Crippen molar-refractivity contribution in [2.24, 2.45) is 5.84 Å². The highest BCUT2D eigenvalue weighted by Gasteiger charge is 2.27. The van der Waals surface area contributed by atoms with Gasteiger partial charge in [-0.3, -0.25) is 10.1 Å². The predicted octanol–water partition coefficient (Wildman–Crippen LogP) is 2.08. The number of pyridine rings is 1. The van der Waals surface area contributed by atoms with Crippen molar-refractivity contribution < 1.29 is 4.92 Å². The predicted molar refractivity (Wildman–Crippen MR) is 77.5 cm³/mol. The molecule has 0 bridgehead atoms. The van der Waals surface area contributed by atoms with Gasteiger partial charge in [-0.1, -0.05) is 0 Å². The molecule has 0 fully saturated rings. The van der Waals surface area contributed by atoms with Crippen LogP contribution in [-0.2, 0) is 5.54 Å². The van der Waals surface area contributed by atoms with E-state index < -0.39 is 10.5 Å². The molecule has 0 atom stereocenters. The van der Waals surface area contributed by atoms with Gasteiger partial charge in [-0.25, -0.2) is 15.8 Å². The van der Waals surface area contributed by atoms with E-state index in [1.807, 2.05) is 19.2 Å². The summed E-state index contributed by atoms with van der Waals surface area (Å²) in [4.78, 5) is 18.9. The largest absolute Gasteiger partial charge is 0.353 e. The van der Waals surface area contributed by atoms with E-state index in [-0.39, 0.29) is 11.5 Å². The zero-order valence-corrected chi connectivity index (χ0v) is 11.8. The fourth-order valence-electron chi connectivity index (χ4n) is 1.65. The topological polar surface area (TPSA) is 119 Å². The Morgan fingerprint density at radius 3 is 2.75 bits per heavy atom. The lowest BCUT2D eigenvalue weighted by atomic mass is 10.1. The normalized spacial score (nSPS) is 11.2. The number of hydrogen-bond donors (Lipinski definition) is 3. The fourth-order valence-corrected chi connectivity index (χ4v) is 2.37. The summed E-state index contributed by atoms with van der Waals surface area (Å²) in [6.45, 7) is 3.75. The standard InChI is InChI=1S/C11H14N6O2S/c1-11(2,10-13-5-6-20-10)15-9-7(17(18)19)3-4-8(14-9)16-12/h3-6H,12H2,1-2H3,(H2,14,15,16). The smallest absolute Gasteiger partial charge is 0.311 e. The molecule has 0 aliphatic carbocycles. The fraction of sp³-hybridized carbons (Fsp3) is 0.273. The van der Waals surface area contributed by atoms with Crippen LogP contribution in [0.5, 0.6) is 0 Å². The van der Waals surface area contributed by atoms with Crippen molar-refractivity contribution in [3.63, 3.8) is 0 Å². The maximum absolute atomic E-state index is 11.1. The van der Waals surface area contributed by atoms with Crippen LogP contribution in [0.4, 0.5) is 17.3 Å². The molecule has 20 heavy (non-hydrogen) atoms. The first-order valence-electron chi connectivity index (χ1n) is 5.74. The summed E-state index contributed by atoms with van der Waals surface area (Å²) in [7, 11) is 0. The van der Waals surface area contributed by atoms with Crippen LogP contribution in [0.2, 0.25) is 0 Å². The van der Waals surface area contributed by atoms with Gasteiger partial charge in [-0.15, -0.1) is 11.3 Å². The highest BCUT2D eigenvalue weighted by Crippen LogP contribution is 2.31. The molecule has 0 aromatic carbocycles. The van der Waals surface area contributed by atoms with Crippen LogP contribution in [0.1, 0.15) is 18.9 Å². The molecule has 4 N–H and O–H groups in total. The Morgan fingerprint density at radius 1 is 1.45 bits per heavy atom. The molecule has 0 aliphatic heterocycles.